The SMILES string of the molecule is O=S1(=O)N(c2ccccc2)CC[C@]12CCN(Cc1cccc(C(F)(F)F)c1)C2. The second-order valence-corrected chi connectivity index (χ2v) is 9.76. The van der Waals surface area contributed by atoms with Crippen LogP contribution in [-0.2, 0) is 22.7 Å². The first-order chi connectivity index (χ1) is 13.2. The number of anilines is 1. The van der Waals surface area contributed by atoms with Gasteiger partial charge in [-0.2, -0.15) is 13.2 Å². The Morgan fingerprint density at radius 3 is 2.39 bits per heavy atom. The van der Waals surface area contributed by atoms with E-state index in [9.17, 15) is 21.6 Å². The van der Waals surface area contributed by atoms with Gasteiger partial charge in [-0.1, -0.05) is 36.4 Å². The Hall–Kier alpha value is -2.06. The maximum absolute atomic E-state index is 13.3. The van der Waals surface area contributed by atoms with Gasteiger partial charge in [0.2, 0.25) is 10.0 Å². The predicted molar refractivity (Wildman–Crippen MR) is 101 cm³/mol. The molecule has 4 nitrogen and oxygen atoms in total. The molecule has 8 heteroatoms. The number of nitrogens with zero attached hydrogens (tertiary/aromatic N) is 2. The number of benzene rings is 2. The quantitative estimate of drug-likeness (QED) is 0.771. The highest BCUT2D eigenvalue weighted by Gasteiger charge is 2.55. The minimum atomic E-state index is -4.38. The van der Waals surface area contributed by atoms with Crippen LogP contribution < -0.4 is 4.31 Å². The Labute approximate surface area is 162 Å². The zero-order valence-electron chi connectivity index (χ0n) is 15.2. The van der Waals surface area contributed by atoms with Gasteiger partial charge in [-0.3, -0.25) is 9.21 Å². The van der Waals surface area contributed by atoms with Crippen LogP contribution in [0.3, 0.4) is 0 Å². The lowest BCUT2D eigenvalue weighted by molar-refractivity contribution is -0.137. The average Bonchev–Trinajstić information content (AvgIpc) is 3.17. The van der Waals surface area contributed by atoms with E-state index < -0.39 is 26.5 Å². The number of alkyl halides is 3. The smallest absolute Gasteiger partial charge is 0.297 e. The number of sulfonamides is 1. The molecule has 2 aliphatic heterocycles. The molecule has 0 saturated carbocycles. The van der Waals surface area contributed by atoms with Crippen LogP contribution in [0.5, 0.6) is 0 Å². The molecule has 2 aliphatic rings. The van der Waals surface area contributed by atoms with Crippen molar-refractivity contribution in [3.8, 4) is 0 Å². The van der Waals surface area contributed by atoms with Gasteiger partial charge in [-0.05, 0) is 36.6 Å². The number of hydrogen-bond donors (Lipinski definition) is 0. The molecule has 2 aromatic carbocycles. The van der Waals surface area contributed by atoms with Gasteiger partial charge in [0.25, 0.3) is 0 Å². The van der Waals surface area contributed by atoms with E-state index in [0.29, 0.717) is 50.3 Å². The third-order valence-corrected chi connectivity index (χ3v) is 8.31. The third-order valence-electron chi connectivity index (χ3n) is 5.71. The third kappa shape index (κ3) is 3.28. The van der Waals surface area contributed by atoms with Crippen molar-refractivity contribution in [1.82, 2.24) is 4.90 Å². The van der Waals surface area contributed by atoms with Crippen LogP contribution >= 0.6 is 0 Å². The molecule has 1 spiro atoms. The lowest BCUT2D eigenvalue weighted by atomic mass is 10.0. The average molecular weight is 410 g/mol. The molecule has 0 aromatic heterocycles. The number of para-hydroxylation sites is 1. The minimum Gasteiger partial charge on any atom is -0.297 e. The summed E-state index contributed by atoms with van der Waals surface area (Å²) in [6.45, 7) is 1.64. The Bertz CT molecular complexity index is 963. The standard InChI is InChI=1S/C20H21F3N2O2S/c21-20(22,23)17-6-4-5-16(13-17)14-24-11-9-19(15-24)10-12-25(28(19,26)27)18-7-2-1-3-8-18/h1-8,13H,9-12,14-15H2/t19-/m0/s1. The van der Waals surface area contributed by atoms with Crippen LogP contribution in [0.25, 0.3) is 0 Å². The van der Waals surface area contributed by atoms with Crippen LogP contribution in [-0.4, -0.2) is 37.7 Å². The molecule has 0 aliphatic carbocycles. The van der Waals surface area contributed by atoms with Crippen molar-refractivity contribution in [3.63, 3.8) is 0 Å². The molecule has 4 rings (SSSR count). The zero-order chi connectivity index (χ0) is 20.0. The maximum Gasteiger partial charge on any atom is 0.416 e. The van der Waals surface area contributed by atoms with E-state index in [1.807, 2.05) is 23.1 Å². The summed E-state index contributed by atoms with van der Waals surface area (Å²) in [7, 11) is -3.53. The van der Waals surface area contributed by atoms with E-state index in [0.717, 1.165) is 12.1 Å². The van der Waals surface area contributed by atoms with Crippen molar-refractivity contribution in [2.24, 2.45) is 0 Å². The zero-order valence-corrected chi connectivity index (χ0v) is 16.0. The first-order valence-corrected chi connectivity index (χ1v) is 10.6. The molecule has 0 N–H and O–H groups in total. The van der Waals surface area contributed by atoms with E-state index in [1.54, 1.807) is 18.2 Å². The van der Waals surface area contributed by atoms with Gasteiger partial charge in [-0.25, -0.2) is 8.42 Å². The van der Waals surface area contributed by atoms with Gasteiger partial charge in [0, 0.05) is 26.2 Å². The fourth-order valence-electron chi connectivity index (χ4n) is 4.23. The second-order valence-electron chi connectivity index (χ2n) is 7.50. The largest absolute Gasteiger partial charge is 0.416 e. The number of halogens is 3. The Morgan fingerprint density at radius 1 is 0.964 bits per heavy atom. The Balaban J connectivity index is 1.51. The molecule has 2 fully saturated rings. The molecular formula is C20H21F3N2O2S. The highest BCUT2D eigenvalue weighted by Crippen LogP contribution is 2.43. The van der Waals surface area contributed by atoms with E-state index in [2.05, 4.69) is 0 Å². The van der Waals surface area contributed by atoms with E-state index in [4.69, 9.17) is 0 Å². The van der Waals surface area contributed by atoms with Gasteiger partial charge in [0.05, 0.1) is 11.3 Å². The summed E-state index contributed by atoms with van der Waals surface area (Å²) in [6.07, 6.45) is -3.35. The lowest BCUT2D eigenvalue weighted by Gasteiger charge is -2.26. The number of hydrogen-bond acceptors (Lipinski definition) is 3. The molecule has 150 valence electrons. The predicted octanol–water partition coefficient (Wildman–Crippen LogP) is 3.89. The van der Waals surface area contributed by atoms with Gasteiger partial charge in [0.15, 0.2) is 0 Å². The molecule has 0 unspecified atom stereocenters. The molecule has 0 amide bonds. The van der Waals surface area contributed by atoms with Gasteiger partial charge in [-0.15, -0.1) is 0 Å². The summed E-state index contributed by atoms with van der Waals surface area (Å²) in [5.41, 5.74) is 0.528. The summed E-state index contributed by atoms with van der Waals surface area (Å²) < 4.78 is 65.9. The van der Waals surface area contributed by atoms with Crippen LogP contribution in [0, 0.1) is 0 Å². The molecule has 0 radical (unpaired) electrons. The molecule has 2 aromatic rings. The van der Waals surface area contributed by atoms with Gasteiger partial charge >= 0.3 is 6.18 Å². The summed E-state index contributed by atoms with van der Waals surface area (Å²) >= 11 is 0. The first kappa shape index (κ1) is 19.3. The highest BCUT2D eigenvalue weighted by molar-refractivity contribution is 7.94. The second kappa shape index (κ2) is 6.77. The van der Waals surface area contributed by atoms with Gasteiger partial charge in [0.1, 0.15) is 4.75 Å². The number of rotatable bonds is 3. The number of likely N-dealkylation sites (tertiary alicyclic amines) is 1. The van der Waals surface area contributed by atoms with Crippen molar-refractivity contribution < 1.29 is 21.6 Å². The van der Waals surface area contributed by atoms with Gasteiger partial charge < -0.3 is 0 Å². The molecule has 28 heavy (non-hydrogen) atoms. The minimum absolute atomic E-state index is 0.312. The van der Waals surface area contributed by atoms with Crippen LogP contribution in [0.15, 0.2) is 54.6 Å². The van der Waals surface area contributed by atoms with Crippen LogP contribution in [0.4, 0.5) is 18.9 Å². The normalized spacial score (nSPS) is 24.9. The van der Waals surface area contributed by atoms with Crippen molar-refractivity contribution in [2.45, 2.75) is 30.3 Å². The van der Waals surface area contributed by atoms with E-state index in [-0.39, 0.29) is 0 Å². The Morgan fingerprint density at radius 2 is 1.68 bits per heavy atom. The monoisotopic (exact) mass is 410 g/mol. The molecule has 2 saturated heterocycles. The van der Waals surface area contributed by atoms with Crippen molar-refractivity contribution >= 4 is 15.7 Å². The topological polar surface area (TPSA) is 40.6 Å². The first-order valence-electron chi connectivity index (χ1n) is 9.17. The maximum atomic E-state index is 13.3. The summed E-state index contributed by atoms with van der Waals surface area (Å²) in [5, 5.41) is 0. The highest BCUT2D eigenvalue weighted by atomic mass is 32.2. The fraction of sp³-hybridized carbons (Fsp3) is 0.400. The van der Waals surface area contributed by atoms with Crippen molar-refractivity contribution in [2.75, 3.05) is 23.9 Å². The summed E-state index contributed by atoms with van der Waals surface area (Å²) in [4.78, 5) is 1.95. The summed E-state index contributed by atoms with van der Waals surface area (Å²) in [6, 6.07) is 14.3. The van der Waals surface area contributed by atoms with Crippen LogP contribution in [0.1, 0.15) is 24.0 Å². The lowest BCUT2D eigenvalue weighted by Crippen LogP contribution is -2.42. The van der Waals surface area contributed by atoms with Crippen molar-refractivity contribution in [3.05, 3.63) is 65.7 Å². The van der Waals surface area contributed by atoms with Crippen LogP contribution in [0.2, 0.25) is 0 Å². The Kier molecular flexibility index (Phi) is 4.66. The van der Waals surface area contributed by atoms with Crippen molar-refractivity contribution in [1.29, 1.82) is 0 Å². The molecule has 2 heterocycles. The summed E-state index contributed by atoms with van der Waals surface area (Å²) in [5.74, 6) is 0. The van der Waals surface area contributed by atoms with E-state index >= 15 is 0 Å². The molecule has 0 bridgehead atoms. The molecule has 1 atom stereocenters. The van der Waals surface area contributed by atoms with E-state index in [1.165, 1.54) is 10.4 Å². The fourth-order valence-corrected chi connectivity index (χ4v) is 6.47. The molecular weight excluding hydrogens is 389 g/mol.